The fraction of sp³-hybridized carbons (Fsp3) is 0.464. The second-order valence-electron chi connectivity index (χ2n) is 9.80. The predicted molar refractivity (Wildman–Crippen MR) is 131 cm³/mol. The molecule has 2 aromatic carbocycles. The molecule has 1 amide bonds. The van der Waals surface area contributed by atoms with Crippen LogP contribution < -0.4 is 4.74 Å². The molecule has 2 fully saturated rings. The van der Waals surface area contributed by atoms with Crippen LogP contribution in [0.3, 0.4) is 0 Å². The lowest BCUT2D eigenvalue weighted by Gasteiger charge is -2.52. The fourth-order valence-corrected chi connectivity index (χ4v) is 6.30. The van der Waals surface area contributed by atoms with E-state index >= 15 is 0 Å². The normalized spacial score (nSPS) is 28.2. The summed E-state index contributed by atoms with van der Waals surface area (Å²) in [6.45, 7) is 2.20. The van der Waals surface area contributed by atoms with Crippen molar-refractivity contribution in [1.82, 2.24) is 4.90 Å². The second-order valence-corrected chi connectivity index (χ2v) is 9.98. The Bertz CT molecular complexity index is 1100. The van der Waals surface area contributed by atoms with Crippen molar-refractivity contribution in [2.75, 3.05) is 26.3 Å². The van der Waals surface area contributed by atoms with Gasteiger partial charge in [0.1, 0.15) is 11.4 Å². The number of rotatable bonds is 3. The maximum Gasteiger partial charge on any atom is 0.415 e. The monoisotopic (exact) mass is 479 g/mol. The first kappa shape index (κ1) is 23.2. The van der Waals surface area contributed by atoms with Crippen molar-refractivity contribution in [3.63, 3.8) is 0 Å². The van der Waals surface area contributed by atoms with Gasteiger partial charge < -0.3 is 19.5 Å². The molecule has 1 aliphatic heterocycles. The maximum absolute atomic E-state index is 12.6. The van der Waals surface area contributed by atoms with Crippen molar-refractivity contribution in [2.24, 2.45) is 5.92 Å². The average Bonchev–Trinajstić information content (AvgIpc) is 2.86. The van der Waals surface area contributed by atoms with Gasteiger partial charge in [0.2, 0.25) is 0 Å². The third-order valence-corrected chi connectivity index (χ3v) is 7.94. The van der Waals surface area contributed by atoms with E-state index in [9.17, 15) is 9.90 Å². The first-order valence-corrected chi connectivity index (χ1v) is 12.5. The van der Waals surface area contributed by atoms with E-state index in [0.29, 0.717) is 50.8 Å². The summed E-state index contributed by atoms with van der Waals surface area (Å²) in [6, 6.07) is 16.7. The summed E-state index contributed by atoms with van der Waals surface area (Å²) < 4.78 is 11.1. The van der Waals surface area contributed by atoms with Crippen molar-refractivity contribution in [3.8, 4) is 17.0 Å². The topological polar surface area (TPSA) is 59.0 Å². The third-order valence-electron chi connectivity index (χ3n) is 7.84. The lowest BCUT2D eigenvalue weighted by atomic mass is 9.52. The number of aryl methyl sites for hydroxylation is 1. The Balaban J connectivity index is 1.45. The number of fused-ring (bicyclic) bond motifs is 3. The quantitative estimate of drug-likeness (QED) is 0.650. The van der Waals surface area contributed by atoms with Crippen LogP contribution in [-0.4, -0.2) is 48.0 Å². The number of carbonyl (C=O) groups excluding carboxylic acids is 1. The molecule has 1 unspecified atom stereocenters. The number of ether oxygens (including phenoxy) is 2. The number of hydrogen-bond acceptors (Lipinski definition) is 4. The van der Waals surface area contributed by atoms with E-state index in [2.05, 4.69) is 41.6 Å². The third kappa shape index (κ3) is 4.55. The van der Waals surface area contributed by atoms with Crippen molar-refractivity contribution in [3.05, 3.63) is 65.2 Å². The molecular weight excluding hydrogens is 450 g/mol. The number of benzene rings is 2. The number of morpholine rings is 1. The van der Waals surface area contributed by atoms with E-state index in [-0.39, 0.29) is 11.5 Å². The maximum atomic E-state index is 12.6. The van der Waals surface area contributed by atoms with Crippen molar-refractivity contribution < 1.29 is 19.4 Å². The van der Waals surface area contributed by atoms with Crippen LogP contribution in [-0.2, 0) is 23.0 Å². The Morgan fingerprint density at radius 2 is 1.97 bits per heavy atom. The van der Waals surface area contributed by atoms with Gasteiger partial charge in [-0.15, -0.1) is 0 Å². The Morgan fingerprint density at radius 3 is 2.74 bits per heavy atom. The fourth-order valence-electron chi connectivity index (χ4n) is 6.13. The molecule has 0 bridgehead atoms. The van der Waals surface area contributed by atoms with Gasteiger partial charge in [0.25, 0.3) is 0 Å². The van der Waals surface area contributed by atoms with Crippen LogP contribution in [0.15, 0.2) is 48.5 Å². The first-order chi connectivity index (χ1) is 16.5. The van der Waals surface area contributed by atoms with Gasteiger partial charge in [-0.05, 0) is 84.9 Å². The second kappa shape index (κ2) is 9.62. The molecule has 1 N–H and O–H groups in total. The summed E-state index contributed by atoms with van der Waals surface area (Å²) in [5.74, 6) is 3.74. The lowest BCUT2D eigenvalue weighted by molar-refractivity contribution is -0.00797. The molecule has 1 saturated heterocycles. The summed E-state index contributed by atoms with van der Waals surface area (Å²) in [5.41, 5.74) is 2.70. The molecule has 0 radical (unpaired) electrons. The zero-order chi connectivity index (χ0) is 23.6. The number of amides is 1. The minimum Gasteiger partial charge on any atom is -0.410 e. The summed E-state index contributed by atoms with van der Waals surface area (Å²) in [7, 11) is 0. The van der Waals surface area contributed by atoms with Crippen LogP contribution in [0.5, 0.6) is 5.75 Å². The van der Waals surface area contributed by atoms with Crippen LogP contribution >= 0.6 is 11.6 Å². The van der Waals surface area contributed by atoms with E-state index in [4.69, 9.17) is 21.1 Å². The number of carbonyl (C=O) groups is 1. The summed E-state index contributed by atoms with van der Waals surface area (Å²) in [6.07, 6.45) is 4.45. The highest BCUT2D eigenvalue weighted by atomic mass is 35.5. The lowest BCUT2D eigenvalue weighted by Crippen LogP contribution is -2.50. The summed E-state index contributed by atoms with van der Waals surface area (Å²) in [5, 5.41) is 13.5. The van der Waals surface area contributed by atoms with Gasteiger partial charge in [-0.25, -0.2) is 4.79 Å². The number of halogens is 1. The zero-order valence-corrected chi connectivity index (χ0v) is 20.0. The van der Waals surface area contributed by atoms with Gasteiger partial charge in [-0.1, -0.05) is 42.3 Å². The SMILES string of the molecule is O=C(Oc1ccc2c(c1)CC[C@@H]1CC(O)(C#CCl)CC[C@@]21Cc1ccccc1)N1CCOCC1. The highest BCUT2D eigenvalue weighted by molar-refractivity contribution is 6.30. The Kier molecular flexibility index (Phi) is 6.57. The molecule has 0 aromatic heterocycles. The molecule has 3 atom stereocenters. The molecule has 1 heterocycles. The molecule has 2 aliphatic carbocycles. The smallest absolute Gasteiger partial charge is 0.410 e. The molecular formula is C28H30ClNO4. The van der Waals surface area contributed by atoms with E-state index in [1.54, 1.807) is 4.90 Å². The largest absolute Gasteiger partial charge is 0.415 e. The van der Waals surface area contributed by atoms with Crippen LogP contribution in [0.4, 0.5) is 4.79 Å². The van der Waals surface area contributed by atoms with Gasteiger partial charge >= 0.3 is 6.09 Å². The van der Waals surface area contributed by atoms with Crippen LogP contribution in [0.25, 0.3) is 0 Å². The molecule has 3 aliphatic rings. The molecule has 178 valence electrons. The van der Waals surface area contributed by atoms with Gasteiger partial charge in [-0.3, -0.25) is 0 Å². The number of aliphatic hydroxyl groups is 1. The Labute approximate surface area is 206 Å². The molecule has 5 rings (SSSR count). The summed E-state index contributed by atoms with van der Waals surface area (Å²) >= 11 is 5.69. The van der Waals surface area contributed by atoms with Crippen molar-refractivity contribution >= 4 is 17.7 Å². The molecule has 34 heavy (non-hydrogen) atoms. The predicted octanol–water partition coefficient (Wildman–Crippen LogP) is 4.68. The number of hydrogen-bond donors (Lipinski definition) is 1. The molecule has 0 spiro atoms. The average molecular weight is 480 g/mol. The Morgan fingerprint density at radius 1 is 1.18 bits per heavy atom. The van der Waals surface area contributed by atoms with Crippen molar-refractivity contribution in [2.45, 2.75) is 49.5 Å². The highest BCUT2D eigenvalue weighted by Crippen LogP contribution is 2.54. The zero-order valence-electron chi connectivity index (χ0n) is 19.3. The van der Waals surface area contributed by atoms with Crippen molar-refractivity contribution in [1.29, 1.82) is 0 Å². The van der Waals surface area contributed by atoms with E-state index in [1.165, 1.54) is 16.7 Å². The molecule has 1 saturated carbocycles. The van der Waals surface area contributed by atoms with Gasteiger partial charge in [0.15, 0.2) is 0 Å². The van der Waals surface area contributed by atoms with Gasteiger partial charge in [0.05, 0.1) is 13.2 Å². The van der Waals surface area contributed by atoms with E-state index < -0.39 is 5.60 Å². The molecule has 2 aromatic rings. The van der Waals surface area contributed by atoms with Crippen LogP contribution in [0.2, 0.25) is 0 Å². The van der Waals surface area contributed by atoms with E-state index in [0.717, 1.165) is 25.7 Å². The Hall–Kier alpha value is -2.52. The van der Waals surface area contributed by atoms with Crippen LogP contribution in [0, 0.1) is 17.2 Å². The standard InChI is InChI=1S/C28H30ClNO4/c29-13-12-27(32)10-11-28(19-21-4-2-1-3-5-21)23(20-27)7-6-22-18-24(8-9-25(22)28)34-26(31)30-14-16-33-17-15-30/h1-5,8-9,18,23,32H,6-7,10-11,14-17,19-20H2/t23-,27?,28+/m1/s1. The minimum atomic E-state index is -1.03. The summed E-state index contributed by atoms with van der Waals surface area (Å²) in [4.78, 5) is 14.3. The molecule has 6 heteroatoms. The van der Waals surface area contributed by atoms with Gasteiger partial charge in [0, 0.05) is 23.9 Å². The number of nitrogens with zero attached hydrogens (tertiary/aromatic N) is 1. The van der Waals surface area contributed by atoms with E-state index in [1.807, 2.05) is 18.2 Å². The minimum absolute atomic E-state index is 0.0953. The highest BCUT2D eigenvalue weighted by Gasteiger charge is 2.51. The first-order valence-electron chi connectivity index (χ1n) is 12.1. The van der Waals surface area contributed by atoms with Crippen LogP contribution in [0.1, 0.15) is 42.4 Å². The van der Waals surface area contributed by atoms with Gasteiger partial charge in [-0.2, -0.15) is 0 Å². The molecule has 5 nitrogen and oxygen atoms in total.